The third-order valence-corrected chi connectivity index (χ3v) is 17.2. The van der Waals surface area contributed by atoms with Gasteiger partial charge in [-0.2, -0.15) is 13.7 Å². The Morgan fingerprint density at radius 1 is 0.634 bits per heavy atom. The molecule has 2 atom stereocenters. The molecule has 344 valence electrons. The highest BCUT2D eigenvalue weighted by Gasteiger charge is 2.44. The Morgan fingerprint density at radius 2 is 1.34 bits per heavy atom. The van der Waals surface area contributed by atoms with E-state index in [9.17, 15) is 8.78 Å². The number of aromatic nitrogens is 3. The van der Waals surface area contributed by atoms with E-state index in [0.29, 0.717) is 12.0 Å². The van der Waals surface area contributed by atoms with Gasteiger partial charge < -0.3 is 4.42 Å². The molecule has 2 aliphatic rings. The van der Waals surface area contributed by atoms with Crippen molar-refractivity contribution in [3.8, 4) is 61.7 Å². The average Bonchev–Trinajstić information content (AvgIpc) is 3.94. The maximum Gasteiger partial charge on any atom is 0.304 e. The molecule has 0 fully saturated rings. The summed E-state index contributed by atoms with van der Waals surface area (Å²) in [5, 5.41) is 3.33. The van der Waals surface area contributed by atoms with Crippen LogP contribution in [0.15, 0.2) is 205 Å². The minimum Gasteiger partial charge on any atom is -0.455 e. The quantitative estimate of drug-likeness (QED) is 0.125. The first kappa shape index (κ1) is 43.0. The molecule has 0 N–H and O–H groups in total. The van der Waals surface area contributed by atoms with Gasteiger partial charge in [0.25, 0.3) is 0 Å². The zero-order valence-electron chi connectivity index (χ0n) is 40.0. The lowest BCUT2D eigenvalue weighted by atomic mass is 9.77. The van der Waals surface area contributed by atoms with Crippen LogP contribution in [-0.4, -0.2) is 12.6 Å². The smallest absolute Gasteiger partial charge is 0.304 e. The fraction of sp³-hybridized carbons (Fsp3) is 0.125. The van der Waals surface area contributed by atoms with Crippen LogP contribution < -0.4 is 14.3 Å². The number of halogens is 2. The molecule has 2 unspecified atom stereocenters. The van der Waals surface area contributed by atoms with E-state index in [0.717, 1.165) is 96.4 Å². The Morgan fingerprint density at radius 3 is 2.13 bits per heavy atom. The van der Waals surface area contributed by atoms with Crippen LogP contribution in [0.5, 0.6) is 0 Å². The van der Waals surface area contributed by atoms with Gasteiger partial charge in [-0.1, -0.05) is 141 Å². The van der Waals surface area contributed by atoms with E-state index in [1.165, 1.54) is 51.8 Å². The van der Waals surface area contributed by atoms with Gasteiger partial charge in [0, 0.05) is 33.5 Å². The van der Waals surface area contributed by atoms with Crippen LogP contribution >= 0.6 is 0 Å². The van der Waals surface area contributed by atoms with Gasteiger partial charge in [0.15, 0.2) is 28.9 Å². The van der Waals surface area contributed by atoms with Crippen molar-refractivity contribution in [2.24, 2.45) is 0 Å². The minimum atomic E-state index is -1.69. The Balaban J connectivity index is 1.13. The number of nitrogens with zero attached hydrogens (tertiary/aromatic N) is 3. The predicted molar refractivity (Wildman–Crippen MR) is 288 cm³/mol. The molecule has 8 aromatic carbocycles. The Labute approximate surface area is 413 Å². The molecule has 13 rings (SSSR count). The Kier molecular flexibility index (Phi) is 10.0. The van der Waals surface area contributed by atoms with Crippen LogP contribution in [0.2, 0.25) is 19.6 Å². The molecule has 0 spiro atoms. The zero-order valence-corrected chi connectivity index (χ0v) is 41.0. The molecular weight excluding hydrogens is 893 g/mol. The maximum atomic E-state index is 14.6. The summed E-state index contributed by atoms with van der Waals surface area (Å²) in [5.74, 6) is 0.557. The number of hydrogen-bond donors (Lipinski definition) is 0. The van der Waals surface area contributed by atoms with E-state index in [-0.39, 0.29) is 23.6 Å². The van der Waals surface area contributed by atoms with Crippen LogP contribution in [-0.2, 0) is 6.42 Å². The van der Waals surface area contributed by atoms with Crippen LogP contribution in [0.1, 0.15) is 35.9 Å². The standard InChI is InChI=1S/C64H51F2N3OSi/c1-40-35-59-53(51-17-8-9-18-52(51)56-34-31-50(39-67(56)59)71(2,3)4)32-25-44-26-33-54-62-55(43-23-29-48(66)30-24-43)37-46(42-21-27-47(65)28-22-42)38-60(62)70-63(54)61(44)64-68(40)57-19-10-11-20-58(57)69(64)49-16-12-15-45(36-49)41-13-6-5-7-14-41/h5-24,26-31,33-34,36-39,53,59H,1,25,32,35H2,2-4H3/q+2. The van der Waals surface area contributed by atoms with Gasteiger partial charge in [-0.25, -0.2) is 8.78 Å². The molecule has 0 saturated carbocycles. The predicted octanol–water partition coefficient (Wildman–Crippen LogP) is 15.4. The van der Waals surface area contributed by atoms with Crippen molar-refractivity contribution >= 4 is 51.9 Å². The van der Waals surface area contributed by atoms with Gasteiger partial charge in [0.1, 0.15) is 34.2 Å². The highest BCUT2D eigenvalue weighted by molar-refractivity contribution is 6.88. The summed E-state index contributed by atoms with van der Waals surface area (Å²) in [5.41, 5.74) is 17.4. The summed E-state index contributed by atoms with van der Waals surface area (Å²) in [6.07, 6.45) is 4.87. The first-order valence-electron chi connectivity index (χ1n) is 24.7. The van der Waals surface area contributed by atoms with Crippen molar-refractivity contribution in [3.63, 3.8) is 0 Å². The van der Waals surface area contributed by atoms with Crippen molar-refractivity contribution in [3.05, 3.63) is 224 Å². The van der Waals surface area contributed by atoms with E-state index in [1.807, 2.05) is 12.1 Å². The number of aryl methyl sites for hydroxylation is 1. The van der Waals surface area contributed by atoms with Gasteiger partial charge >= 0.3 is 5.82 Å². The Hall–Kier alpha value is -8.00. The van der Waals surface area contributed by atoms with E-state index in [4.69, 9.17) is 11.0 Å². The molecule has 2 aliphatic heterocycles. The molecule has 71 heavy (non-hydrogen) atoms. The van der Waals surface area contributed by atoms with Crippen molar-refractivity contribution in [2.75, 3.05) is 0 Å². The van der Waals surface area contributed by atoms with Gasteiger partial charge in [-0.05, 0) is 124 Å². The third kappa shape index (κ3) is 7.12. The molecule has 0 aliphatic carbocycles. The van der Waals surface area contributed by atoms with E-state index >= 15 is 0 Å². The second kappa shape index (κ2) is 16.6. The second-order valence-corrected chi connectivity index (χ2v) is 25.5. The molecule has 0 amide bonds. The molecule has 0 saturated heterocycles. The summed E-state index contributed by atoms with van der Waals surface area (Å²) in [4.78, 5) is 0. The fourth-order valence-corrected chi connectivity index (χ4v) is 12.8. The molecule has 11 aromatic rings. The number of hydrogen-bond acceptors (Lipinski definition) is 1. The van der Waals surface area contributed by atoms with E-state index < -0.39 is 8.07 Å². The van der Waals surface area contributed by atoms with Gasteiger partial charge in [-0.15, -0.1) is 0 Å². The summed E-state index contributed by atoms with van der Waals surface area (Å²) in [6, 6.07) is 63.9. The fourth-order valence-electron chi connectivity index (χ4n) is 11.7. The average molecular weight is 944 g/mol. The van der Waals surface area contributed by atoms with Crippen LogP contribution in [0.4, 0.5) is 8.78 Å². The first-order valence-corrected chi connectivity index (χ1v) is 28.2. The normalized spacial score (nSPS) is 15.5. The molecule has 0 radical (unpaired) electrons. The summed E-state index contributed by atoms with van der Waals surface area (Å²) < 4.78 is 43.9. The van der Waals surface area contributed by atoms with Crippen LogP contribution in [0.3, 0.4) is 0 Å². The number of pyridine rings is 1. The summed E-state index contributed by atoms with van der Waals surface area (Å²) >= 11 is 0. The van der Waals surface area contributed by atoms with Crippen LogP contribution in [0, 0.1) is 11.6 Å². The van der Waals surface area contributed by atoms with Gasteiger partial charge in [0.2, 0.25) is 5.69 Å². The SMILES string of the molecule is C=C1CC2C(CCc3ccc4c(oc5cc(-c6ccc(F)cc6)cc(-c6ccc(F)cc6)c54)c3-c3n(-c4cccc(-c5ccccc5)c4)c4ccccc4[n+]31)c1ccccc1-c1ccc([Si](C)(C)C)c[n+]12. The lowest BCUT2D eigenvalue weighted by Crippen LogP contribution is -2.53. The number of benzene rings is 8. The van der Waals surface area contributed by atoms with Gasteiger partial charge in [-0.3, -0.25) is 0 Å². The van der Waals surface area contributed by atoms with E-state index in [1.54, 1.807) is 12.1 Å². The van der Waals surface area contributed by atoms with Crippen LogP contribution in [0.25, 0.3) is 100 Å². The molecule has 0 bridgehead atoms. The number of fused-ring (bicyclic) bond motifs is 15. The van der Waals surface area contributed by atoms with Crippen molar-refractivity contribution < 1.29 is 22.3 Å². The summed E-state index contributed by atoms with van der Waals surface area (Å²) in [6.45, 7) is 12.4. The number of para-hydroxylation sites is 2. The zero-order chi connectivity index (χ0) is 48.1. The molecule has 4 nitrogen and oxygen atoms in total. The molecular formula is C64H51F2N3OSi+2. The monoisotopic (exact) mass is 943 g/mol. The van der Waals surface area contributed by atoms with Crippen molar-refractivity contribution in [1.29, 1.82) is 0 Å². The number of imidazole rings is 1. The Bertz CT molecular complexity index is 3940. The second-order valence-electron chi connectivity index (χ2n) is 20.4. The molecule has 3 aromatic heterocycles. The molecule has 7 heteroatoms. The van der Waals surface area contributed by atoms with Crippen molar-refractivity contribution in [1.82, 2.24) is 4.57 Å². The number of furan rings is 1. The highest BCUT2D eigenvalue weighted by atomic mass is 28.3. The lowest BCUT2D eigenvalue weighted by molar-refractivity contribution is -0.719. The lowest BCUT2D eigenvalue weighted by Gasteiger charge is -2.32. The van der Waals surface area contributed by atoms with Crippen molar-refractivity contribution in [2.45, 2.75) is 50.9 Å². The first-order chi connectivity index (χ1) is 34.6. The third-order valence-electron chi connectivity index (χ3n) is 15.2. The maximum absolute atomic E-state index is 14.6. The van der Waals surface area contributed by atoms with E-state index in [2.05, 4.69) is 179 Å². The summed E-state index contributed by atoms with van der Waals surface area (Å²) in [7, 11) is -1.69. The largest absolute Gasteiger partial charge is 0.455 e. The number of rotatable bonds is 5. The van der Waals surface area contributed by atoms with Gasteiger partial charge in [0.05, 0.1) is 14.5 Å². The molecule has 5 heterocycles. The number of allylic oxidation sites excluding steroid dienone is 1. The topological polar surface area (TPSA) is 25.8 Å². The highest BCUT2D eigenvalue weighted by Crippen LogP contribution is 2.48. The minimum absolute atomic E-state index is 0.104.